The van der Waals surface area contributed by atoms with Gasteiger partial charge in [0.05, 0.1) is 31.5 Å². The van der Waals surface area contributed by atoms with Crippen molar-refractivity contribution in [2.75, 3.05) is 51.3 Å². The quantitative estimate of drug-likeness (QED) is 0.469. The lowest BCUT2D eigenvalue weighted by atomic mass is 9.85. The molecule has 4 rings (SSSR count). The summed E-state index contributed by atoms with van der Waals surface area (Å²) in [6.07, 6.45) is 1.65. The van der Waals surface area contributed by atoms with Crippen molar-refractivity contribution in [1.29, 1.82) is 0 Å². The molecule has 0 amide bonds. The number of nitrogens with zero attached hydrogens (tertiary/aromatic N) is 6. The summed E-state index contributed by atoms with van der Waals surface area (Å²) < 4.78 is 16.7. The lowest BCUT2D eigenvalue weighted by molar-refractivity contribution is 0.139. The molecule has 2 N–H and O–H groups in total. The number of piperidine rings is 1. The summed E-state index contributed by atoms with van der Waals surface area (Å²) in [5.41, 5.74) is 2.93. The zero-order valence-electron chi connectivity index (χ0n) is 19.8. The van der Waals surface area contributed by atoms with E-state index in [9.17, 15) is 14.6 Å². The third-order valence-corrected chi connectivity index (χ3v) is 6.62. The van der Waals surface area contributed by atoms with E-state index < -0.39 is 6.17 Å². The van der Waals surface area contributed by atoms with E-state index in [4.69, 9.17) is 12.2 Å². The number of fused-ring (bicyclic) bond motifs is 1. The predicted molar refractivity (Wildman–Crippen MR) is 135 cm³/mol. The molecule has 3 heterocycles. The number of likely N-dealkylation sites (tertiary alicyclic amines) is 1. The second-order valence-electron chi connectivity index (χ2n) is 8.97. The van der Waals surface area contributed by atoms with E-state index in [0.717, 1.165) is 35.0 Å². The number of aliphatic hydroxyl groups excluding tert-OH is 2. The van der Waals surface area contributed by atoms with Gasteiger partial charge in [0.15, 0.2) is 5.82 Å². The average Bonchev–Trinajstić information content (AvgIpc) is 3.20. The summed E-state index contributed by atoms with van der Waals surface area (Å²) in [5.74, 6) is 1.56. The summed E-state index contributed by atoms with van der Waals surface area (Å²) in [4.78, 5) is 13.4. The minimum atomic E-state index is -0.915. The monoisotopic (exact) mass is 486 g/mol. The van der Waals surface area contributed by atoms with Crippen LogP contribution in [0.4, 0.5) is 10.2 Å². The Morgan fingerprint density at radius 3 is 2.74 bits per heavy atom. The van der Waals surface area contributed by atoms with Gasteiger partial charge in [0.25, 0.3) is 0 Å². The molecule has 182 valence electrons. The van der Waals surface area contributed by atoms with Gasteiger partial charge in [-0.1, -0.05) is 12.2 Å². The molecule has 8 nitrogen and oxygen atoms in total. The molecule has 34 heavy (non-hydrogen) atoms. The predicted octanol–water partition coefficient (Wildman–Crippen LogP) is 2.35. The Bertz CT molecular complexity index is 1190. The van der Waals surface area contributed by atoms with Gasteiger partial charge in [0, 0.05) is 35.3 Å². The molecule has 10 heteroatoms. The van der Waals surface area contributed by atoms with Gasteiger partial charge < -0.3 is 20.0 Å². The zero-order valence-corrected chi connectivity index (χ0v) is 20.6. The van der Waals surface area contributed by atoms with Crippen LogP contribution < -0.4 is 4.90 Å². The molecule has 2 atom stereocenters. The van der Waals surface area contributed by atoms with E-state index in [0.29, 0.717) is 42.0 Å². The number of anilines is 1. The first kappa shape index (κ1) is 24.6. The molecular weight excluding hydrogens is 455 g/mol. The minimum absolute atomic E-state index is 0.0826. The summed E-state index contributed by atoms with van der Waals surface area (Å²) in [5, 5.41) is 24.4. The van der Waals surface area contributed by atoms with E-state index >= 15 is 0 Å². The Morgan fingerprint density at radius 1 is 1.24 bits per heavy atom. The molecule has 3 aromatic rings. The first-order valence-corrected chi connectivity index (χ1v) is 11.9. The normalized spacial score (nSPS) is 19.0. The lowest BCUT2D eigenvalue weighted by Gasteiger charge is -2.33. The third kappa shape index (κ3) is 5.10. The summed E-state index contributed by atoms with van der Waals surface area (Å²) >= 11 is 5.19. The number of aryl methyl sites for hydroxylation is 2. The standard InChI is InChI=1S/C24H31FN6O2S/c1-15-8-17-11-26-31(22(17)9-20(15)19-4-5-29(3)13-21(19)25)24-10-23(27-16(2)28-24)30(6-7-32)12-18(34)14-33/h8-11,19,21,32-33H,4-7,12-14H2,1-3H3. The fraction of sp³-hybridized carbons (Fsp3) is 0.500. The maximum atomic E-state index is 15.0. The van der Waals surface area contributed by atoms with Crippen LogP contribution in [0.2, 0.25) is 0 Å². The Morgan fingerprint density at radius 2 is 2.03 bits per heavy atom. The number of alkyl halides is 1. The van der Waals surface area contributed by atoms with Gasteiger partial charge >= 0.3 is 0 Å². The van der Waals surface area contributed by atoms with Gasteiger partial charge in [-0.3, -0.25) is 0 Å². The van der Waals surface area contributed by atoms with E-state index in [1.165, 1.54) is 0 Å². The molecule has 2 aromatic heterocycles. The summed E-state index contributed by atoms with van der Waals surface area (Å²) in [7, 11) is 1.95. The fourth-order valence-corrected chi connectivity index (χ4v) is 4.81. The maximum Gasteiger partial charge on any atom is 0.159 e. The van der Waals surface area contributed by atoms with Gasteiger partial charge in [-0.15, -0.1) is 0 Å². The number of hydrogen-bond acceptors (Lipinski definition) is 8. The smallest absolute Gasteiger partial charge is 0.159 e. The van der Waals surface area contributed by atoms with Crippen LogP contribution >= 0.6 is 12.2 Å². The molecule has 0 saturated carbocycles. The number of halogens is 1. The number of hydrogen-bond donors (Lipinski definition) is 2. The Kier molecular flexibility index (Phi) is 7.51. The molecule has 1 aromatic carbocycles. The van der Waals surface area contributed by atoms with Crippen LogP contribution in [0.1, 0.15) is 29.3 Å². The van der Waals surface area contributed by atoms with E-state index in [2.05, 4.69) is 21.1 Å². The Balaban J connectivity index is 1.76. The van der Waals surface area contributed by atoms with Crippen LogP contribution in [-0.2, 0) is 0 Å². The van der Waals surface area contributed by atoms with Crippen molar-refractivity contribution in [1.82, 2.24) is 24.6 Å². The van der Waals surface area contributed by atoms with Crippen molar-refractivity contribution < 1.29 is 14.6 Å². The highest BCUT2D eigenvalue weighted by Crippen LogP contribution is 2.35. The Labute approximate surface area is 204 Å². The number of aliphatic hydroxyl groups is 2. The summed E-state index contributed by atoms with van der Waals surface area (Å²) in [6, 6.07) is 5.90. The van der Waals surface area contributed by atoms with Gasteiger partial charge in [-0.05, 0) is 57.1 Å². The number of thiocarbonyl (C=S) groups is 1. The highest BCUT2D eigenvalue weighted by atomic mass is 32.1. The molecule has 2 unspecified atom stereocenters. The van der Waals surface area contributed by atoms with Crippen molar-refractivity contribution in [3.8, 4) is 5.82 Å². The van der Waals surface area contributed by atoms with Crippen LogP contribution in [0.3, 0.4) is 0 Å². The largest absolute Gasteiger partial charge is 0.395 e. The van der Waals surface area contributed by atoms with Crippen LogP contribution in [0.25, 0.3) is 16.7 Å². The van der Waals surface area contributed by atoms with Crippen molar-refractivity contribution in [2.24, 2.45) is 0 Å². The zero-order chi connectivity index (χ0) is 24.4. The van der Waals surface area contributed by atoms with Crippen LogP contribution in [0.5, 0.6) is 0 Å². The minimum Gasteiger partial charge on any atom is -0.395 e. The van der Waals surface area contributed by atoms with E-state index in [1.54, 1.807) is 23.9 Å². The highest BCUT2D eigenvalue weighted by Gasteiger charge is 2.30. The van der Waals surface area contributed by atoms with Crippen LogP contribution in [-0.4, -0.2) is 92.3 Å². The highest BCUT2D eigenvalue weighted by molar-refractivity contribution is 7.80. The lowest BCUT2D eigenvalue weighted by Crippen LogP contribution is -2.38. The number of aromatic nitrogens is 4. The first-order valence-electron chi connectivity index (χ1n) is 11.5. The van der Waals surface area contributed by atoms with Gasteiger partial charge in [-0.2, -0.15) is 5.10 Å². The molecule has 1 aliphatic heterocycles. The van der Waals surface area contributed by atoms with Crippen molar-refractivity contribution in [3.05, 3.63) is 41.3 Å². The SMILES string of the molecule is Cc1nc(N(CCO)CC(=S)CO)cc(-n2ncc3cc(C)c(C4CCN(C)CC4F)cc32)n1. The van der Waals surface area contributed by atoms with Gasteiger partial charge in [-0.25, -0.2) is 19.0 Å². The van der Waals surface area contributed by atoms with E-state index in [-0.39, 0.29) is 19.1 Å². The first-order chi connectivity index (χ1) is 16.3. The summed E-state index contributed by atoms with van der Waals surface area (Å²) in [6.45, 7) is 5.43. The molecule has 1 aliphatic rings. The third-order valence-electron chi connectivity index (χ3n) is 6.37. The fourth-order valence-electron chi connectivity index (χ4n) is 4.66. The molecule has 0 radical (unpaired) electrons. The average molecular weight is 487 g/mol. The van der Waals surface area contributed by atoms with E-state index in [1.807, 2.05) is 29.8 Å². The second-order valence-corrected chi connectivity index (χ2v) is 9.55. The van der Waals surface area contributed by atoms with Crippen LogP contribution in [0.15, 0.2) is 24.4 Å². The Hall–Kier alpha value is -2.53. The second kappa shape index (κ2) is 10.4. The molecule has 0 spiro atoms. The van der Waals surface area contributed by atoms with Crippen LogP contribution in [0, 0.1) is 13.8 Å². The van der Waals surface area contributed by atoms with Gasteiger partial charge in [0.1, 0.15) is 17.8 Å². The van der Waals surface area contributed by atoms with Crippen molar-refractivity contribution in [3.63, 3.8) is 0 Å². The molecule has 0 bridgehead atoms. The van der Waals surface area contributed by atoms with Gasteiger partial charge in [0.2, 0.25) is 0 Å². The molecule has 0 aliphatic carbocycles. The number of rotatable bonds is 8. The number of benzene rings is 1. The maximum absolute atomic E-state index is 15.0. The molecule has 1 saturated heterocycles. The van der Waals surface area contributed by atoms with Crippen molar-refractivity contribution >= 4 is 33.8 Å². The topological polar surface area (TPSA) is 90.5 Å². The molecule has 1 fully saturated rings. The molecular formula is C24H31FN6O2S. The van der Waals surface area contributed by atoms with Crippen molar-refractivity contribution in [2.45, 2.75) is 32.4 Å².